The molecular formula is C12H14N2O5. The van der Waals surface area contributed by atoms with Crippen LogP contribution in [0.1, 0.15) is 23.2 Å². The van der Waals surface area contributed by atoms with Crippen molar-refractivity contribution in [1.82, 2.24) is 0 Å². The quantitative estimate of drug-likeness (QED) is 0.637. The van der Waals surface area contributed by atoms with Gasteiger partial charge in [0.1, 0.15) is 5.69 Å². The molecule has 2 N–H and O–H groups in total. The fourth-order valence-electron chi connectivity index (χ4n) is 2.08. The fraction of sp³-hybridized carbons (Fsp3) is 0.417. The van der Waals surface area contributed by atoms with E-state index in [4.69, 9.17) is 9.84 Å². The monoisotopic (exact) mass is 266 g/mol. The number of para-hydroxylation sites is 1. The van der Waals surface area contributed by atoms with Gasteiger partial charge in [-0.05, 0) is 18.9 Å². The molecule has 19 heavy (non-hydrogen) atoms. The van der Waals surface area contributed by atoms with Gasteiger partial charge in [-0.2, -0.15) is 0 Å². The van der Waals surface area contributed by atoms with Crippen LogP contribution >= 0.6 is 0 Å². The first-order chi connectivity index (χ1) is 9.09. The molecule has 1 aromatic carbocycles. The molecule has 1 fully saturated rings. The molecule has 1 unspecified atom stereocenters. The lowest BCUT2D eigenvalue weighted by Crippen LogP contribution is -2.31. The molecule has 0 aliphatic carbocycles. The molecule has 1 aliphatic rings. The Balaban J connectivity index is 2.34. The number of nitro groups is 1. The zero-order valence-electron chi connectivity index (χ0n) is 10.2. The van der Waals surface area contributed by atoms with E-state index in [2.05, 4.69) is 5.32 Å². The average Bonchev–Trinajstić information content (AvgIpc) is 2.39. The number of nitrogens with one attached hydrogen (secondary N) is 1. The number of nitrogens with zero attached hydrogens (tertiary/aromatic N) is 1. The molecule has 1 heterocycles. The van der Waals surface area contributed by atoms with E-state index < -0.39 is 10.9 Å². The van der Waals surface area contributed by atoms with Gasteiger partial charge in [0.25, 0.3) is 5.69 Å². The highest BCUT2D eigenvalue weighted by Crippen LogP contribution is 2.30. The van der Waals surface area contributed by atoms with Gasteiger partial charge in [-0.3, -0.25) is 10.1 Å². The number of rotatable bonds is 4. The van der Waals surface area contributed by atoms with Crippen LogP contribution in [0.25, 0.3) is 0 Å². The van der Waals surface area contributed by atoms with E-state index in [0.29, 0.717) is 13.2 Å². The average molecular weight is 266 g/mol. The summed E-state index contributed by atoms with van der Waals surface area (Å²) in [6.45, 7) is 1.09. The lowest BCUT2D eigenvalue weighted by molar-refractivity contribution is -0.384. The van der Waals surface area contributed by atoms with Crippen molar-refractivity contribution in [2.24, 2.45) is 0 Å². The van der Waals surface area contributed by atoms with Gasteiger partial charge < -0.3 is 15.2 Å². The van der Waals surface area contributed by atoms with E-state index in [-0.39, 0.29) is 23.0 Å². The summed E-state index contributed by atoms with van der Waals surface area (Å²) >= 11 is 0. The van der Waals surface area contributed by atoms with Crippen molar-refractivity contribution in [3.8, 4) is 0 Å². The van der Waals surface area contributed by atoms with E-state index >= 15 is 0 Å². The third-order valence-electron chi connectivity index (χ3n) is 2.98. The van der Waals surface area contributed by atoms with Gasteiger partial charge in [0.2, 0.25) is 0 Å². The third-order valence-corrected chi connectivity index (χ3v) is 2.98. The van der Waals surface area contributed by atoms with Gasteiger partial charge in [-0.1, -0.05) is 6.07 Å². The first-order valence-corrected chi connectivity index (χ1v) is 5.94. The number of aromatic carboxylic acids is 1. The second kappa shape index (κ2) is 5.66. The number of carboxylic acids is 1. The smallest absolute Gasteiger partial charge is 0.338 e. The van der Waals surface area contributed by atoms with E-state index in [1.165, 1.54) is 18.2 Å². The highest BCUT2D eigenvalue weighted by Gasteiger charge is 2.24. The molecule has 7 nitrogen and oxygen atoms in total. The van der Waals surface area contributed by atoms with Crippen molar-refractivity contribution in [2.45, 2.75) is 18.9 Å². The van der Waals surface area contributed by atoms with Gasteiger partial charge in [-0.15, -0.1) is 0 Å². The van der Waals surface area contributed by atoms with Crippen molar-refractivity contribution in [2.75, 3.05) is 18.5 Å². The normalized spacial score (nSPS) is 18.8. The number of anilines is 1. The topological polar surface area (TPSA) is 102 Å². The van der Waals surface area contributed by atoms with E-state index in [1.54, 1.807) is 0 Å². The SMILES string of the molecule is O=C(O)c1cccc([N+](=O)[O-])c1NC1CCCOC1. The summed E-state index contributed by atoms with van der Waals surface area (Å²) in [4.78, 5) is 21.5. The molecule has 1 atom stereocenters. The molecule has 0 spiro atoms. The van der Waals surface area contributed by atoms with Crippen LogP contribution in [0.2, 0.25) is 0 Å². The van der Waals surface area contributed by atoms with Gasteiger partial charge in [0, 0.05) is 18.7 Å². The Kier molecular flexibility index (Phi) is 3.96. The Morgan fingerprint density at radius 1 is 1.53 bits per heavy atom. The summed E-state index contributed by atoms with van der Waals surface area (Å²) in [7, 11) is 0. The van der Waals surface area contributed by atoms with E-state index in [9.17, 15) is 14.9 Å². The van der Waals surface area contributed by atoms with Crippen LogP contribution in [0, 0.1) is 10.1 Å². The lowest BCUT2D eigenvalue weighted by Gasteiger charge is -2.24. The lowest BCUT2D eigenvalue weighted by atomic mass is 10.1. The summed E-state index contributed by atoms with van der Waals surface area (Å²) in [6, 6.07) is 3.90. The number of hydrogen-bond acceptors (Lipinski definition) is 5. The van der Waals surface area contributed by atoms with Crippen LogP contribution in [0.3, 0.4) is 0 Å². The largest absolute Gasteiger partial charge is 0.478 e. The maximum Gasteiger partial charge on any atom is 0.338 e. The highest BCUT2D eigenvalue weighted by atomic mass is 16.6. The summed E-state index contributed by atoms with van der Waals surface area (Å²) in [6.07, 6.45) is 1.64. The van der Waals surface area contributed by atoms with Crippen molar-refractivity contribution in [3.63, 3.8) is 0 Å². The second-order valence-corrected chi connectivity index (χ2v) is 4.32. The molecule has 1 saturated heterocycles. The van der Waals surface area contributed by atoms with Crippen molar-refractivity contribution < 1.29 is 19.6 Å². The van der Waals surface area contributed by atoms with Crippen LogP contribution in [0.5, 0.6) is 0 Å². The van der Waals surface area contributed by atoms with Gasteiger partial charge >= 0.3 is 5.97 Å². The minimum absolute atomic E-state index is 0.0514. The van der Waals surface area contributed by atoms with E-state index in [0.717, 1.165) is 12.8 Å². The van der Waals surface area contributed by atoms with Gasteiger partial charge in [0.15, 0.2) is 0 Å². The van der Waals surface area contributed by atoms with Crippen LogP contribution < -0.4 is 5.32 Å². The van der Waals surface area contributed by atoms with Crippen LogP contribution in [0.15, 0.2) is 18.2 Å². The second-order valence-electron chi connectivity index (χ2n) is 4.32. The molecule has 0 bridgehead atoms. The highest BCUT2D eigenvalue weighted by molar-refractivity contribution is 5.96. The summed E-state index contributed by atoms with van der Waals surface area (Å²) in [5.41, 5.74) is -0.277. The third kappa shape index (κ3) is 3.00. The van der Waals surface area contributed by atoms with Crippen molar-refractivity contribution >= 4 is 17.3 Å². The molecule has 0 radical (unpaired) electrons. The molecule has 0 aromatic heterocycles. The first-order valence-electron chi connectivity index (χ1n) is 5.94. The summed E-state index contributed by atoms with van der Waals surface area (Å²) in [5, 5.41) is 23.0. The number of hydrogen-bond donors (Lipinski definition) is 2. The minimum atomic E-state index is -1.19. The molecule has 0 saturated carbocycles. The molecule has 1 aliphatic heterocycles. The van der Waals surface area contributed by atoms with Crippen LogP contribution in [-0.4, -0.2) is 35.3 Å². The van der Waals surface area contributed by atoms with Crippen LogP contribution in [0.4, 0.5) is 11.4 Å². The maximum absolute atomic E-state index is 11.1. The predicted octanol–water partition coefficient (Wildman–Crippen LogP) is 1.88. The minimum Gasteiger partial charge on any atom is -0.478 e. The number of carbonyl (C=O) groups is 1. The number of carboxylic acid groups (broad SMARTS) is 1. The van der Waals surface area contributed by atoms with Crippen LogP contribution in [-0.2, 0) is 4.74 Å². The first kappa shape index (κ1) is 13.3. The Bertz CT molecular complexity index is 465. The fourth-order valence-corrected chi connectivity index (χ4v) is 2.08. The molecule has 1 aromatic rings. The molecule has 102 valence electrons. The Morgan fingerprint density at radius 3 is 2.89 bits per heavy atom. The van der Waals surface area contributed by atoms with Gasteiger partial charge in [-0.25, -0.2) is 4.79 Å². The molecule has 0 amide bonds. The zero-order chi connectivity index (χ0) is 13.8. The Labute approximate surface area is 109 Å². The summed E-state index contributed by atoms with van der Waals surface area (Å²) < 4.78 is 5.28. The molecule has 2 rings (SSSR count). The zero-order valence-corrected chi connectivity index (χ0v) is 10.2. The number of ether oxygens (including phenoxy) is 1. The number of benzene rings is 1. The predicted molar refractivity (Wildman–Crippen MR) is 67.5 cm³/mol. The Hall–Kier alpha value is -2.15. The van der Waals surface area contributed by atoms with Gasteiger partial charge in [0.05, 0.1) is 17.1 Å². The summed E-state index contributed by atoms with van der Waals surface area (Å²) in [5.74, 6) is -1.19. The van der Waals surface area contributed by atoms with Crippen molar-refractivity contribution in [1.29, 1.82) is 0 Å². The van der Waals surface area contributed by atoms with Crippen molar-refractivity contribution in [3.05, 3.63) is 33.9 Å². The maximum atomic E-state index is 11.1. The molecular weight excluding hydrogens is 252 g/mol. The molecule has 7 heteroatoms. The van der Waals surface area contributed by atoms with E-state index in [1.807, 2.05) is 0 Å². The Morgan fingerprint density at radius 2 is 2.32 bits per heavy atom. The number of nitro benzene ring substituents is 1. The standard InChI is InChI=1S/C12H14N2O5/c15-12(16)9-4-1-5-10(14(17)18)11(9)13-8-3-2-6-19-7-8/h1,4-5,8,13H,2-3,6-7H2,(H,15,16).